The molecule has 0 aromatic heterocycles. The summed E-state index contributed by atoms with van der Waals surface area (Å²) in [6, 6.07) is 8.17. The first-order valence-electron chi connectivity index (χ1n) is 9.43. The summed E-state index contributed by atoms with van der Waals surface area (Å²) in [4.78, 5) is 23.0. The number of carbonyl (C=O) groups is 2. The van der Waals surface area contributed by atoms with E-state index in [1.807, 2.05) is 26.8 Å². The smallest absolute Gasteiger partial charge is 0.394 e. The number of ether oxygens (including phenoxy) is 1. The zero-order chi connectivity index (χ0) is 22.3. The molecule has 1 aliphatic rings. The largest absolute Gasteiger partial charge is 0.478 e. The van der Waals surface area contributed by atoms with E-state index in [1.54, 1.807) is 12.1 Å². The molecule has 0 aliphatic carbocycles. The number of aliphatic carboxylic acids is 1. The molecule has 0 unspecified atom stereocenters. The van der Waals surface area contributed by atoms with Gasteiger partial charge in [0.1, 0.15) is 5.75 Å². The van der Waals surface area contributed by atoms with Crippen LogP contribution in [0.2, 0.25) is 0 Å². The Bertz CT molecular complexity index is 1050. The molecule has 1 aliphatic heterocycles. The molecule has 7 heteroatoms. The van der Waals surface area contributed by atoms with Crippen LogP contribution in [0.4, 0.5) is 14.5 Å². The number of hydrogen-bond donors (Lipinski definition) is 2. The number of carboxylic acids is 1. The quantitative estimate of drug-likeness (QED) is 0.644. The number of nitrogens with one attached hydrogen (secondary N) is 1. The first-order chi connectivity index (χ1) is 13.9. The van der Waals surface area contributed by atoms with Crippen molar-refractivity contribution in [1.29, 1.82) is 0 Å². The molecule has 30 heavy (non-hydrogen) atoms. The molecule has 2 aromatic carbocycles. The van der Waals surface area contributed by atoms with Gasteiger partial charge in [-0.1, -0.05) is 26.0 Å². The molecular formula is C23H23F2NO4. The Morgan fingerprint density at radius 3 is 2.57 bits per heavy atom. The topological polar surface area (TPSA) is 75.6 Å². The van der Waals surface area contributed by atoms with Crippen LogP contribution in [0.3, 0.4) is 0 Å². The van der Waals surface area contributed by atoms with Crippen molar-refractivity contribution in [2.24, 2.45) is 0 Å². The number of benzene rings is 2. The highest BCUT2D eigenvalue weighted by molar-refractivity contribution is 5.97. The molecule has 0 atom stereocenters. The van der Waals surface area contributed by atoms with Gasteiger partial charge in [-0.2, -0.15) is 8.78 Å². The van der Waals surface area contributed by atoms with Gasteiger partial charge >= 0.3 is 12.1 Å². The van der Waals surface area contributed by atoms with E-state index in [4.69, 9.17) is 9.84 Å². The lowest BCUT2D eigenvalue weighted by atomic mass is 9.76. The van der Waals surface area contributed by atoms with Gasteiger partial charge in [-0.3, -0.25) is 4.79 Å². The second kappa shape index (κ2) is 7.55. The number of carboxylic acid groups (broad SMARTS) is 1. The van der Waals surface area contributed by atoms with Crippen LogP contribution in [0.1, 0.15) is 43.9 Å². The van der Waals surface area contributed by atoms with E-state index in [0.29, 0.717) is 35.7 Å². The van der Waals surface area contributed by atoms with E-state index in [2.05, 4.69) is 5.32 Å². The minimum Gasteiger partial charge on any atom is -0.478 e. The highest BCUT2D eigenvalue weighted by atomic mass is 19.3. The molecule has 0 bridgehead atoms. The minimum atomic E-state index is -3.40. The predicted octanol–water partition coefficient (Wildman–Crippen LogP) is 5.37. The van der Waals surface area contributed by atoms with Gasteiger partial charge in [-0.15, -0.1) is 0 Å². The van der Waals surface area contributed by atoms with Gasteiger partial charge in [0.15, 0.2) is 0 Å². The second-order valence-electron chi connectivity index (χ2n) is 8.16. The van der Waals surface area contributed by atoms with Crippen LogP contribution in [-0.4, -0.2) is 23.1 Å². The van der Waals surface area contributed by atoms with Crippen LogP contribution >= 0.6 is 0 Å². The van der Waals surface area contributed by atoms with Crippen molar-refractivity contribution in [3.8, 4) is 16.9 Å². The first kappa shape index (κ1) is 21.5. The fraction of sp³-hybridized carbons (Fsp3) is 0.304. The predicted molar refractivity (Wildman–Crippen MR) is 111 cm³/mol. The monoisotopic (exact) mass is 415 g/mol. The number of hydrogen-bond acceptors (Lipinski definition) is 3. The summed E-state index contributed by atoms with van der Waals surface area (Å²) >= 11 is 0. The van der Waals surface area contributed by atoms with Gasteiger partial charge in [0.2, 0.25) is 5.91 Å². The number of rotatable bonds is 5. The Morgan fingerprint density at radius 1 is 1.23 bits per heavy atom. The normalized spacial score (nSPS) is 15.6. The summed E-state index contributed by atoms with van der Waals surface area (Å²) in [5.41, 5.74) is 3.55. The molecule has 0 saturated heterocycles. The third-order valence-electron chi connectivity index (χ3n) is 4.97. The SMILES string of the molecule is Cc1cc2c(cc1-c1cc(/C=C/C(=O)O)ccc1OC(C)(F)F)NC(=O)CC2(C)C. The molecule has 2 N–H and O–H groups in total. The van der Waals surface area contributed by atoms with Crippen LogP contribution in [0.5, 0.6) is 5.75 Å². The molecule has 0 radical (unpaired) electrons. The molecule has 5 nitrogen and oxygen atoms in total. The standard InChI is InChI=1S/C23H23F2NO4/c1-13-9-17-18(26-20(27)12-22(17,2)3)11-15(13)16-10-14(6-8-21(28)29)5-7-19(16)30-23(4,24)25/h5-11H,12H2,1-4H3,(H,26,27)(H,28,29)/b8-6+. The average Bonchev–Trinajstić information content (AvgIpc) is 2.59. The van der Waals surface area contributed by atoms with E-state index < -0.39 is 12.1 Å². The second-order valence-corrected chi connectivity index (χ2v) is 8.16. The van der Waals surface area contributed by atoms with Crippen LogP contribution in [0, 0.1) is 6.92 Å². The number of aryl methyl sites for hydroxylation is 1. The molecule has 0 fully saturated rings. The van der Waals surface area contributed by atoms with Crippen LogP contribution in [0.25, 0.3) is 17.2 Å². The molecule has 1 heterocycles. The van der Waals surface area contributed by atoms with Crippen molar-refractivity contribution < 1.29 is 28.2 Å². The number of fused-ring (bicyclic) bond motifs is 1. The highest BCUT2D eigenvalue weighted by Gasteiger charge is 2.33. The first-order valence-corrected chi connectivity index (χ1v) is 9.43. The summed E-state index contributed by atoms with van der Waals surface area (Å²) < 4.78 is 32.1. The van der Waals surface area contributed by atoms with Gasteiger partial charge in [-0.25, -0.2) is 4.79 Å². The lowest BCUT2D eigenvalue weighted by Gasteiger charge is -2.33. The summed E-state index contributed by atoms with van der Waals surface area (Å²) in [5, 5.41) is 11.7. The van der Waals surface area contributed by atoms with Gasteiger partial charge in [-0.05, 0) is 53.5 Å². The van der Waals surface area contributed by atoms with Gasteiger partial charge in [0.05, 0.1) is 0 Å². The van der Waals surface area contributed by atoms with Crippen molar-refractivity contribution in [3.63, 3.8) is 0 Å². The Balaban J connectivity index is 2.19. The number of halogens is 2. The van der Waals surface area contributed by atoms with Crippen molar-refractivity contribution >= 4 is 23.6 Å². The fourth-order valence-electron chi connectivity index (χ4n) is 3.66. The average molecular weight is 415 g/mol. The lowest BCUT2D eigenvalue weighted by molar-refractivity contribution is -0.158. The van der Waals surface area contributed by atoms with E-state index in [9.17, 15) is 18.4 Å². The molecular weight excluding hydrogens is 392 g/mol. The van der Waals surface area contributed by atoms with Crippen molar-refractivity contribution in [1.82, 2.24) is 0 Å². The Labute approximate surface area is 173 Å². The molecule has 3 rings (SSSR count). The minimum absolute atomic E-state index is 0.0422. The van der Waals surface area contributed by atoms with Gasteiger partial charge < -0.3 is 15.2 Å². The third-order valence-corrected chi connectivity index (χ3v) is 4.97. The van der Waals surface area contributed by atoms with Crippen molar-refractivity contribution in [2.45, 2.75) is 45.6 Å². The summed E-state index contributed by atoms with van der Waals surface area (Å²) in [6.07, 6.45) is -0.703. The van der Waals surface area contributed by atoms with Gasteiger partial charge in [0, 0.05) is 36.1 Å². The van der Waals surface area contributed by atoms with Crippen LogP contribution in [0.15, 0.2) is 36.4 Å². The summed E-state index contributed by atoms with van der Waals surface area (Å²) in [5.74, 6) is -1.27. The van der Waals surface area contributed by atoms with Crippen LogP contribution in [-0.2, 0) is 15.0 Å². The lowest BCUT2D eigenvalue weighted by Crippen LogP contribution is -2.32. The number of anilines is 1. The number of carbonyl (C=O) groups excluding carboxylic acids is 1. The Morgan fingerprint density at radius 2 is 1.93 bits per heavy atom. The Hall–Kier alpha value is -3.22. The van der Waals surface area contributed by atoms with Crippen LogP contribution < -0.4 is 10.1 Å². The highest BCUT2D eigenvalue weighted by Crippen LogP contribution is 2.43. The van der Waals surface area contributed by atoms with Crippen molar-refractivity contribution in [2.75, 3.05) is 5.32 Å². The molecule has 0 spiro atoms. The molecule has 2 aromatic rings. The van der Waals surface area contributed by atoms with E-state index in [-0.39, 0.29) is 17.1 Å². The van der Waals surface area contributed by atoms with Crippen molar-refractivity contribution in [3.05, 3.63) is 53.1 Å². The molecule has 158 valence electrons. The Kier molecular flexibility index (Phi) is 5.41. The summed E-state index contributed by atoms with van der Waals surface area (Å²) in [6.45, 7) is 6.47. The number of amides is 1. The maximum atomic E-state index is 13.6. The van der Waals surface area contributed by atoms with E-state index in [0.717, 1.165) is 17.2 Å². The zero-order valence-corrected chi connectivity index (χ0v) is 17.2. The summed E-state index contributed by atoms with van der Waals surface area (Å²) in [7, 11) is 0. The van der Waals surface area contributed by atoms with E-state index >= 15 is 0 Å². The zero-order valence-electron chi connectivity index (χ0n) is 17.2. The molecule has 0 saturated carbocycles. The van der Waals surface area contributed by atoms with E-state index in [1.165, 1.54) is 18.2 Å². The molecule has 1 amide bonds. The third kappa shape index (κ3) is 4.67. The fourth-order valence-corrected chi connectivity index (χ4v) is 3.66. The maximum Gasteiger partial charge on any atom is 0.394 e. The van der Waals surface area contributed by atoms with Gasteiger partial charge in [0.25, 0.3) is 0 Å². The maximum absolute atomic E-state index is 13.6. The number of alkyl halides is 2.